The zero-order valence-corrected chi connectivity index (χ0v) is 13.9. The van der Waals surface area contributed by atoms with E-state index in [2.05, 4.69) is 30.2 Å². The maximum Gasteiger partial charge on any atom is 0.508 e. The molecule has 0 aromatic heterocycles. The second-order valence-corrected chi connectivity index (χ2v) is 6.74. The summed E-state index contributed by atoms with van der Waals surface area (Å²) in [5.41, 5.74) is -1.74. The molecule has 1 rings (SSSR count). The molecular formula is C15H28O6. The summed E-state index contributed by atoms with van der Waals surface area (Å²) < 4.78 is 14.6. The highest BCUT2D eigenvalue weighted by Gasteiger charge is 2.43. The number of hydrogen-bond donors (Lipinski definition) is 1. The van der Waals surface area contributed by atoms with E-state index in [1.54, 1.807) is 20.8 Å². The lowest BCUT2D eigenvalue weighted by molar-refractivity contribution is -0.179. The molecule has 124 valence electrons. The highest BCUT2D eigenvalue weighted by atomic mass is 16.7. The molecule has 0 unspecified atom stereocenters. The molecule has 6 heteroatoms. The van der Waals surface area contributed by atoms with Gasteiger partial charge >= 0.3 is 12.1 Å². The van der Waals surface area contributed by atoms with Crippen LogP contribution in [0.5, 0.6) is 0 Å². The molecule has 0 radical (unpaired) electrons. The third-order valence-corrected chi connectivity index (χ3v) is 2.59. The van der Waals surface area contributed by atoms with E-state index in [4.69, 9.17) is 9.84 Å². The second-order valence-electron chi connectivity index (χ2n) is 6.74. The van der Waals surface area contributed by atoms with Crippen LogP contribution in [0.1, 0.15) is 48.0 Å². The largest absolute Gasteiger partial charge is 0.508 e. The molecular weight excluding hydrogens is 276 g/mol. The van der Waals surface area contributed by atoms with Crippen molar-refractivity contribution in [1.29, 1.82) is 0 Å². The molecule has 0 aromatic carbocycles. The van der Waals surface area contributed by atoms with E-state index < -0.39 is 23.1 Å². The molecule has 0 spiro atoms. The van der Waals surface area contributed by atoms with E-state index >= 15 is 0 Å². The smallest absolute Gasteiger partial charge is 0.459 e. The van der Waals surface area contributed by atoms with Crippen LogP contribution < -0.4 is 0 Å². The Balaban J connectivity index is 0.000000885. The number of hydrogen-bond acceptors (Lipinski definition) is 6. The lowest BCUT2D eigenvalue weighted by Crippen LogP contribution is -2.46. The molecule has 0 aromatic rings. The number of aliphatic hydroxyl groups is 1. The monoisotopic (exact) mass is 304 g/mol. The van der Waals surface area contributed by atoms with E-state index in [9.17, 15) is 9.59 Å². The topological polar surface area (TPSA) is 82.1 Å². The minimum atomic E-state index is -0.985. The molecule has 1 heterocycles. The van der Waals surface area contributed by atoms with Gasteiger partial charge in [0.05, 0.1) is 0 Å². The molecule has 1 fully saturated rings. The first-order valence-corrected chi connectivity index (χ1v) is 7.16. The van der Waals surface area contributed by atoms with E-state index in [1.165, 1.54) is 0 Å². The molecule has 0 aliphatic carbocycles. The van der Waals surface area contributed by atoms with Gasteiger partial charge in [0.15, 0.2) is 0 Å². The van der Waals surface area contributed by atoms with Gasteiger partial charge in [-0.3, -0.25) is 4.79 Å². The summed E-state index contributed by atoms with van der Waals surface area (Å²) in [6.07, 6.45) is -0.431. The summed E-state index contributed by atoms with van der Waals surface area (Å²) in [7, 11) is 0. The van der Waals surface area contributed by atoms with Crippen LogP contribution >= 0.6 is 0 Å². The molecule has 0 amide bonds. The maximum absolute atomic E-state index is 11.9. The molecule has 0 saturated carbocycles. The predicted octanol–water partition coefficient (Wildman–Crippen LogP) is 2.53. The fraction of sp³-hybridized carbons (Fsp3) is 0.867. The Labute approximate surface area is 126 Å². The first-order valence-electron chi connectivity index (χ1n) is 7.16. The Kier molecular flexibility index (Phi) is 7.71. The zero-order chi connectivity index (χ0) is 16.7. The lowest BCUT2D eigenvalue weighted by Gasteiger charge is -2.34. The fourth-order valence-electron chi connectivity index (χ4n) is 1.33. The zero-order valence-electron chi connectivity index (χ0n) is 13.9. The first kappa shape index (κ1) is 19.7. The minimum absolute atomic E-state index is 0.0557. The first-order chi connectivity index (χ1) is 9.52. The molecule has 0 bridgehead atoms. The Morgan fingerprint density at radius 3 is 2.14 bits per heavy atom. The van der Waals surface area contributed by atoms with Gasteiger partial charge in [0.2, 0.25) is 0 Å². The Hall–Kier alpha value is -1.30. The molecule has 1 saturated heterocycles. The number of carbonyl (C=O) groups is 2. The van der Waals surface area contributed by atoms with Gasteiger partial charge in [0.25, 0.3) is 0 Å². The van der Waals surface area contributed by atoms with Crippen LogP contribution in [-0.4, -0.2) is 42.7 Å². The lowest BCUT2D eigenvalue weighted by atomic mass is 9.92. The van der Waals surface area contributed by atoms with Gasteiger partial charge < -0.3 is 19.3 Å². The van der Waals surface area contributed by atoms with Crippen LogP contribution in [0.3, 0.4) is 0 Å². The summed E-state index contributed by atoms with van der Waals surface area (Å²) in [5, 5.41) is 8.84. The van der Waals surface area contributed by atoms with Gasteiger partial charge in [0.1, 0.15) is 24.2 Å². The highest BCUT2D eigenvalue weighted by Crippen LogP contribution is 2.27. The SMILES string of the molecule is CC(C)(CCO)OC(=O)C1(C)COC(=O)OC1.CC(C)C. The van der Waals surface area contributed by atoms with Crippen molar-refractivity contribution in [3.63, 3.8) is 0 Å². The fourth-order valence-corrected chi connectivity index (χ4v) is 1.33. The number of ether oxygens (including phenoxy) is 3. The number of aliphatic hydroxyl groups excluding tert-OH is 1. The van der Waals surface area contributed by atoms with Gasteiger partial charge in [-0.1, -0.05) is 20.8 Å². The van der Waals surface area contributed by atoms with Crippen molar-refractivity contribution >= 4 is 12.1 Å². The molecule has 1 aliphatic heterocycles. The molecule has 1 N–H and O–H groups in total. The number of esters is 1. The standard InChI is InChI=1S/C11H18O6.C4H10/c1-10(2,4-5-12)17-8(13)11(3)6-15-9(14)16-7-11;1-4(2)3/h12H,4-7H2,1-3H3;4H,1-3H3. The van der Waals surface area contributed by atoms with Crippen molar-refractivity contribution in [3.8, 4) is 0 Å². The quantitative estimate of drug-likeness (QED) is 0.804. The summed E-state index contributed by atoms with van der Waals surface area (Å²) in [6.45, 7) is 11.3. The summed E-state index contributed by atoms with van der Waals surface area (Å²) in [6, 6.07) is 0. The third kappa shape index (κ3) is 7.90. The van der Waals surface area contributed by atoms with E-state index in [-0.39, 0.29) is 19.8 Å². The Bertz CT molecular complexity index is 335. The van der Waals surface area contributed by atoms with Crippen molar-refractivity contribution in [3.05, 3.63) is 0 Å². The van der Waals surface area contributed by atoms with Crippen LogP contribution in [0.4, 0.5) is 4.79 Å². The van der Waals surface area contributed by atoms with E-state index in [0.717, 1.165) is 5.92 Å². The number of cyclic esters (lactones) is 2. The normalized spacial score (nSPS) is 17.2. The van der Waals surface area contributed by atoms with Gasteiger partial charge in [-0.05, 0) is 26.7 Å². The molecule has 6 nitrogen and oxygen atoms in total. The summed E-state index contributed by atoms with van der Waals surface area (Å²) in [5.74, 6) is 0.337. The summed E-state index contributed by atoms with van der Waals surface area (Å²) in [4.78, 5) is 22.7. The molecule has 0 atom stereocenters. The Morgan fingerprint density at radius 1 is 1.33 bits per heavy atom. The molecule has 21 heavy (non-hydrogen) atoms. The van der Waals surface area contributed by atoms with Crippen LogP contribution in [0.2, 0.25) is 0 Å². The van der Waals surface area contributed by atoms with Gasteiger partial charge in [-0.15, -0.1) is 0 Å². The number of carbonyl (C=O) groups excluding carboxylic acids is 2. The van der Waals surface area contributed by atoms with Gasteiger partial charge in [-0.2, -0.15) is 0 Å². The second kappa shape index (κ2) is 8.22. The predicted molar refractivity (Wildman–Crippen MR) is 77.8 cm³/mol. The highest BCUT2D eigenvalue weighted by molar-refractivity contribution is 5.78. The third-order valence-electron chi connectivity index (χ3n) is 2.59. The van der Waals surface area contributed by atoms with Crippen molar-refractivity contribution in [2.45, 2.75) is 53.6 Å². The van der Waals surface area contributed by atoms with Crippen LogP contribution in [-0.2, 0) is 19.0 Å². The average Bonchev–Trinajstić information content (AvgIpc) is 2.31. The molecule has 1 aliphatic rings. The van der Waals surface area contributed by atoms with E-state index in [1.807, 2.05) is 0 Å². The van der Waals surface area contributed by atoms with Crippen molar-refractivity contribution < 1.29 is 28.9 Å². The maximum atomic E-state index is 11.9. The van der Waals surface area contributed by atoms with Crippen LogP contribution in [0.15, 0.2) is 0 Å². The van der Waals surface area contributed by atoms with Crippen molar-refractivity contribution in [2.75, 3.05) is 19.8 Å². The minimum Gasteiger partial charge on any atom is -0.459 e. The van der Waals surface area contributed by atoms with Crippen molar-refractivity contribution in [2.24, 2.45) is 11.3 Å². The van der Waals surface area contributed by atoms with E-state index in [0.29, 0.717) is 6.42 Å². The Morgan fingerprint density at radius 2 is 1.76 bits per heavy atom. The van der Waals surface area contributed by atoms with Crippen LogP contribution in [0.25, 0.3) is 0 Å². The van der Waals surface area contributed by atoms with Crippen LogP contribution in [0, 0.1) is 11.3 Å². The van der Waals surface area contributed by atoms with Gasteiger partial charge in [0, 0.05) is 13.0 Å². The summed E-state index contributed by atoms with van der Waals surface area (Å²) >= 11 is 0. The average molecular weight is 304 g/mol. The van der Waals surface area contributed by atoms with Gasteiger partial charge in [-0.25, -0.2) is 4.79 Å². The number of rotatable bonds is 4. The van der Waals surface area contributed by atoms with Crippen molar-refractivity contribution in [1.82, 2.24) is 0 Å².